The summed E-state index contributed by atoms with van der Waals surface area (Å²) in [6.07, 6.45) is 2.56. The smallest absolute Gasteiger partial charge is 0.246 e. The second kappa shape index (κ2) is 5.20. The van der Waals surface area contributed by atoms with Crippen LogP contribution in [-0.4, -0.2) is 25.8 Å². The van der Waals surface area contributed by atoms with E-state index in [0.29, 0.717) is 0 Å². The number of hydrogen-bond donors (Lipinski definition) is 1. The molecule has 0 bridgehead atoms. The van der Waals surface area contributed by atoms with Gasteiger partial charge in [0.1, 0.15) is 4.90 Å². The monoisotopic (exact) mass is 370 g/mol. The van der Waals surface area contributed by atoms with Crippen molar-refractivity contribution >= 4 is 43.2 Å². The van der Waals surface area contributed by atoms with Crippen LogP contribution in [-0.2, 0) is 10.0 Å². The number of benzene rings is 1. The quantitative estimate of drug-likeness (QED) is 0.656. The van der Waals surface area contributed by atoms with Crippen LogP contribution in [0.3, 0.4) is 0 Å². The van der Waals surface area contributed by atoms with Crippen molar-refractivity contribution in [1.82, 2.24) is 4.31 Å². The van der Waals surface area contributed by atoms with E-state index in [-0.39, 0.29) is 21.2 Å². The summed E-state index contributed by atoms with van der Waals surface area (Å²) >= 11 is 8.87. The molecule has 0 amide bonds. The van der Waals surface area contributed by atoms with E-state index in [9.17, 15) is 12.8 Å². The second-order valence-corrected chi connectivity index (χ2v) is 7.67. The minimum atomic E-state index is -3.92. The fraction of sp³-hybridized carbons (Fsp3) is 0.455. The van der Waals surface area contributed by atoms with Crippen molar-refractivity contribution in [3.05, 3.63) is 21.4 Å². The lowest BCUT2D eigenvalue weighted by atomic mass is 9.94. The zero-order valence-electron chi connectivity index (χ0n) is 10.2. The molecule has 8 heteroatoms. The van der Waals surface area contributed by atoms with E-state index in [1.54, 1.807) is 0 Å². The van der Waals surface area contributed by atoms with E-state index in [0.717, 1.165) is 25.3 Å². The van der Waals surface area contributed by atoms with Gasteiger partial charge in [-0.1, -0.05) is 18.0 Å². The van der Waals surface area contributed by atoms with E-state index in [1.165, 1.54) is 11.4 Å². The molecule has 0 atom stereocenters. The van der Waals surface area contributed by atoms with Gasteiger partial charge in [0.15, 0.2) is 5.82 Å². The third-order valence-corrected chi connectivity index (χ3v) is 6.69. The van der Waals surface area contributed by atoms with Crippen molar-refractivity contribution in [1.29, 1.82) is 0 Å². The molecule has 1 aromatic rings. The SMILES string of the molecule is CN(C1CCC1)S(=O)(=O)c1cc(Cl)c(Br)c(N)c1F. The van der Waals surface area contributed by atoms with Crippen LogP contribution >= 0.6 is 27.5 Å². The van der Waals surface area contributed by atoms with Crippen LogP contribution in [0.5, 0.6) is 0 Å². The van der Waals surface area contributed by atoms with Crippen LogP contribution in [0.1, 0.15) is 19.3 Å². The Morgan fingerprint density at radius 1 is 1.53 bits per heavy atom. The largest absolute Gasteiger partial charge is 0.395 e. The highest BCUT2D eigenvalue weighted by Gasteiger charge is 2.34. The Morgan fingerprint density at radius 3 is 2.58 bits per heavy atom. The molecule has 1 aliphatic carbocycles. The Kier molecular flexibility index (Phi) is 4.11. The predicted molar refractivity (Wildman–Crippen MR) is 76.1 cm³/mol. The van der Waals surface area contributed by atoms with E-state index in [4.69, 9.17) is 17.3 Å². The lowest BCUT2D eigenvalue weighted by molar-refractivity contribution is 0.249. The molecule has 106 valence electrons. The molecule has 1 fully saturated rings. The summed E-state index contributed by atoms with van der Waals surface area (Å²) < 4.78 is 40.1. The van der Waals surface area contributed by atoms with Crippen LogP contribution in [0.2, 0.25) is 5.02 Å². The fourth-order valence-electron chi connectivity index (χ4n) is 1.89. The normalized spacial score (nSPS) is 16.7. The average Bonchev–Trinajstić information content (AvgIpc) is 2.28. The summed E-state index contributed by atoms with van der Waals surface area (Å²) in [5, 5.41) is 0.0690. The molecule has 0 unspecified atom stereocenters. The van der Waals surface area contributed by atoms with E-state index in [1.807, 2.05) is 0 Å². The molecule has 1 aromatic carbocycles. The summed E-state index contributed by atoms with van der Waals surface area (Å²) in [7, 11) is -2.47. The molecule has 0 aromatic heterocycles. The molecule has 19 heavy (non-hydrogen) atoms. The van der Waals surface area contributed by atoms with Crippen LogP contribution in [0.4, 0.5) is 10.1 Å². The van der Waals surface area contributed by atoms with Crippen LogP contribution < -0.4 is 5.73 Å². The van der Waals surface area contributed by atoms with E-state index >= 15 is 0 Å². The lowest BCUT2D eigenvalue weighted by Crippen LogP contribution is -2.41. The van der Waals surface area contributed by atoms with Gasteiger partial charge in [-0.25, -0.2) is 12.8 Å². The van der Waals surface area contributed by atoms with Gasteiger partial charge < -0.3 is 5.73 Å². The Bertz CT molecular complexity index is 620. The first kappa shape index (κ1) is 15.0. The minimum absolute atomic E-state index is 0.0690. The number of nitrogens with zero attached hydrogens (tertiary/aromatic N) is 1. The highest BCUT2D eigenvalue weighted by Crippen LogP contribution is 2.37. The number of nitrogen functional groups attached to an aromatic ring is 1. The molecule has 0 radical (unpaired) electrons. The first-order valence-corrected chi connectivity index (χ1v) is 8.29. The van der Waals surface area contributed by atoms with Crippen LogP contribution in [0, 0.1) is 5.82 Å². The minimum Gasteiger partial charge on any atom is -0.395 e. The van der Waals surface area contributed by atoms with Crippen molar-refractivity contribution < 1.29 is 12.8 Å². The Morgan fingerprint density at radius 2 is 2.11 bits per heavy atom. The average molecular weight is 372 g/mol. The number of sulfonamides is 1. The summed E-state index contributed by atoms with van der Waals surface area (Å²) in [6, 6.07) is 1.01. The van der Waals surface area contributed by atoms with Gasteiger partial charge in [0.05, 0.1) is 15.2 Å². The summed E-state index contributed by atoms with van der Waals surface area (Å²) in [4.78, 5) is -0.479. The predicted octanol–water partition coefficient (Wildman–Crippen LogP) is 3.00. The third-order valence-electron chi connectivity index (χ3n) is 3.40. The molecule has 2 rings (SSSR count). The molecule has 0 aliphatic heterocycles. The molecule has 1 aliphatic rings. The van der Waals surface area contributed by atoms with Crippen molar-refractivity contribution in [3.63, 3.8) is 0 Å². The summed E-state index contributed by atoms with van der Waals surface area (Å²) in [5.41, 5.74) is 5.22. The lowest BCUT2D eigenvalue weighted by Gasteiger charge is -2.33. The molecule has 0 saturated heterocycles. The molecule has 2 N–H and O–H groups in total. The molecule has 0 heterocycles. The summed E-state index contributed by atoms with van der Waals surface area (Å²) in [5.74, 6) is -0.970. The molecule has 0 spiro atoms. The molecular formula is C11H13BrClFN2O2S. The van der Waals surface area contributed by atoms with Gasteiger partial charge in [0.25, 0.3) is 0 Å². The van der Waals surface area contributed by atoms with Gasteiger partial charge in [-0.15, -0.1) is 0 Å². The van der Waals surface area contributed by atoms with Gasteiger partial charge in [-0.3, -0.25) is 0 Å². The summed E-state index contributed by atoms with van der Waals surface area (Å²) in [6.45, 7) is 0. The van der Waals surface area contributed by atoms with Gasteiger partial charge in [0.2, 0.25) is 10.0 Å². The van der Waals surface area contributed by atoms with Crippen LogP contribution in [0.15, 0.2) is 15.4 Å². The highest BCUT2D eigenvalue weighted by molar-refractivity contribution is 9.10. The second-order valence-electron chi connectivity index (χ2n) is 4.50. The van der Waals surface area contributed by atoms with Gasteiger partial charge in [-0.2, -0.15) is 4.31 Å². The Hall–Kier alpha value is -0.370. The number of halogens is 3. The van der Waals surface area contributed by atoms with Gasteiger partial charge in [-0.05, 0) is 34.8 Å². The number of nitrogens with two attached hydrogens (primary N) is 1. The maximum absolute atomic E-state index is 14.1. The fourth-order valence-corrected chi connectivity index (χ4v) is 3.97. The van der Waals surface area contributed by atoms with Crippen molar-refractivity contribution in [2.24, 2.45) is 0 Å². The Balaban J connectivity index is 2.51. The van der Waals surface area contributed by atoms with E-state index < -0.39 is 20.7 Å². The topological polar surface area (TPSA) is 63.4 Å². The standard InChI is InChI=1S/C11H13BrClFN2O2S/c1-16(6-3-2-4-6)19(17,18)8-5-7(13)9(12)11(15)10(8)14/h5-6H,2-4,15H2,1H3. The maximum Gasteiger partial charge on any atom is 0.246 e. The number of hydrogen-bond acceptors (Lipinski definition) is 3. The van der Waals surface area contributed by atoms with Crippen LogP contribution in [0.25, 0.3) is 0 Å². The maximum atomic E-state index is 14.1. The zero-order chi connectivity index (χ0) is 14.4. The zero-order valence-corrected chi connectivity index (χ0v) is 13.3. The first-order valence-electron chi connectivity index (χ1n) is 5.67. The van der Waals surface area contributed by atoms with Gasteiger partial charge >= 0.3 is 0 Å². The van der Waals surface area contributed by atoms with Gasteiger partial charge in [0, 0.05) is 13.1 Å². The molecule has 1 saturated carbocycles. The van der Waals surface area contributed by atoms with E-state index in [2.05, 4.69) is 15.9 Å². The first-order chi connectivity index (χ1) is 8.76. The van der Waals surface area contributed by atoms with Crippen molar-refractivity contribution in [2.75, 3.05) is 12.8 Å². The Labute approximate surface area is 124 Å². The third kappa shape index (κ3) is 2.49. The number of rotatable bonds is 3. The van der Waals surface area contributed by atoms with Crippen molar-refractivity contribution in [3.8, 4) is 0 Å². The van der Waals surface area contributed by atoms with Crippen molar-refractivity contribution in [2.45, 2.75) is 30.2 Å². The molecule has 4 nitrogen and oxygen atoms in total. The highest BCUT2D eigenvalue weighted by atomic mass is 79.9. The molecular weight excluding hydrogens is 359 g/mol. The number of anilines is 1.